The fourth-order valence-electron chi connectivity index (χ4n) is 1.89. The average molecular weight is 270 g/mol. The van der Waals surface area contributed by atoms with Crippen LogP contribution in [0.15, 0.2) is 36.7 Å². The molecule has 0 radical (unpaired) electrons. The number of aryl methyl sites for hydroxylation is 1. The summed E-state index contributed by atoms with van der Waals surface area (Å²) in [5.74, 6) is 0.386. The topological polar surface area (TPSA) is 66.9 Å². The molecule has 0 spiro atoms. The number of amides is 1. The highest BCUT2D eigenvalue weighted by Gasteiger charge is 2.10. The molecule has 0 saturated carbocycles. The molecular formula is C15H18N4O. The largest absolute Gasteiger partial charge is 0.372 e. The lowest BCUT2D eigenvalue weighted by atomic mass is 10.1. The van der Waals surface area contributed by atoms with Crippen molar-refractivity contribution in [3.63, 3.8) is 0 Å². The molecule has 1 aromatic carbocycles. The fraction of sp³-hybridized carbons (Fsp3) is 0.267. The summed E-state index contributed by atoms with van der Waals surface area (Å²) in [5.41, 5.74) is 2.26. The van der Waals surface area contributed by atoms with Crippen LogP contribution in [0.25, 0.3) is 0 Å². The number of nitrogens with zero attached hydrogens (tertiary/aromatic N) is 2. The molecule has 0 unspecified atom stereocenters. The molecule has 104 valence electrons. The van der Waals surface area contributed by atoms with Gasteiger partial charge in [-0.15, -0.1) is 0 Å². The van der Waals surface area contributed by atoms with E-state index in [0.717, 1.165) is 24.1 Å². The molecule has 1 aromatic heterocycles. The second kappa shape index (κ2) is 6.65. The van der Waals surface area contributed by atoms with E-state index in [9.17, 15) is 4.79 Å². The molecule has 2 N–H and O–H groups in total. The number of anilines is 2. The number of benzene rings is 1. The molecule has 0 fully saturated rings. The van der Waals surface area contributed by atoms with Crippen LogP contribution in [0.4, 0.5) is 11.5 Å². The number of rotatable bonds is 5. The number of nitrogens with one attached hydrogen (secondary N) is 2. The molecule has 0 bridgehead atoms. The molecule has 5 heteroatoms. The Bertz CT molecular complexity index is 581. The van der Waals surface area contributed by atoms with Crippen molar-refractivity contribution in [1.82, 2.24) is 9.97 Å². The van der Waals surface area contributed by atoms with E-state index in [4.69, 9.17) is 0 Å². The van der Waals surface area contributed by atoms with Crippen LogP contribution >= 0.6 is 0 Å². The Labute approximate surface area is 118 Å². The third kappa shape index (κ3) is 3.32. The molecule has 1 heterocycles. The Morgan fingerprint density at radius 2 is 2.00 bits per heavy atom. The first-order chi connectivity index (χ1) is 9.74. The van der Waals surface area contributed by atoms with E-state index in [1.54, 1.807) is 7.05 Å². The van der Waals surface area contributed by atoms with Crippen molar-refractivity contribution in [3.05, 3.63) is 47.9 Å². The van der Waals surface area contributed by atoms with Crippen LogP contribution in [-0.4, -0.2) is 22.9 Å². The third-order valence-corrected chi connectivity index (χ3v) is 2.93. The number of carbonyl (C=O) groups excluding carboxylic acids is 1. The van der Waals surface area contributed by atoms with Crippen molar-refractivity contribution in [3.8, 4) is 0 Å². The molecule has 5 nitrogen and oxygen atoms in total. The predicted molar refractivity (Wildman–Crippen MR) is 80.0 cm³/mol. The summed E-state index contributed by atoms with van der Waals surface area (Å²) in [5, 5.41) is 5.75. The first-order valence-corrected chi connectivity index (χ1v) is 6.63. The molecule has 0 aliphatic rings. The van der Waals surface area contributed by atoms with Crippen LogP contribution in [0.5, 0.6) is 0 Å². The number of carbonyl (C=O) groups is 1. The minimum atomic E-state index is -0.247. The zero-order chi connectivity index (χ0) is 14.4. The summed E-state index contributed by atoms with van der Waals surface area (Å²) in [6, 6.07) is 7.81. The van der Waals surface area contributed by atoms with Gasteiger partial charge in [0.25, 0.3) is 5.91 Å². The van der Waals surface area contributed by atoms with E-state index < -0.39 is 0 Å². The average Bonchev–Trinajstić information content (AvgIpc) is 2.49. The monoisotopic (exact) mass is 270 g/mol. The lowest BCUT2D eigenvalue weighted by Gasteiger charge is -2.10. The van der Waals surface area contributed by atoms with Crippen LogP contribution in [0.2, 0.25) is 0 Å². The number of hydrogen-bond acceptors (Lipinski definition) is 4. The standard InChI is InChI=1S/C15H18N4O/c1-3-6-11-7-4-5-8-12(11)19-15(20)13-9-18-14(16-2)10-17-13/h4-5,7-10H,3,6H2,1-2H3,(H,16,18)(H,19,20). The van der Waals surface area contributed by atoms with Crippen molar-refractivity contribution in [2.24, 2.45) is 0 Å². The van der Waals surface area contributed by atoms with E-state index in [2.05, 4.69) is 27.5 Å². The van der Waals surface area contributed by atoms with Gasteiger partial charge in [0.2, 0.25) is 0 Å². The molecule has 0 aliphatic carbocycles. The highest BCUT2D eigenvalue weighted by Crippen LogP contribution is 2.17. The Morgan fingerprint density at radius 3 is 2.65 bits per heavy atom. The third-order valence-electron chi connectivity index (χ3n) is 2.93. The predicted octanol–water partition coefficient (Wildman–Crippen LogP) is 2.72. The lowest BCUT2D eigenvalue weighted by Crippen LogP contribution is -2.15. The summed E-state index contributed by atoms with van der Waals surface area (Å²) < 4.78 is 0. The van der Waals surface area contributed by atoms with Gasteiger partial charge in [0.15, 0.2) is 0 Å². The maximum Gasteiger partial charge on any atom is 0.275 e. The van der Waals surface area contributed by atoms with E-state index in [1.165, 1.54) is 12.4 Å². The lowest BCUT2D eigenvalue weighted by molar-refractivity contribution is 0.102. The van der Waals surface area contributed by atoms with Gasteiger partial charge in [-0.2, -0.15) is 0 Å². The fourth-order valence-corrected chi connectivity index (χ4v) is 1.89. The van der Waals surface area contributed by atoms with Gasteiger partial charge in [-0.05, 0) is 18.1 Å². The van der Waals surface area contributed by atoms with Gasteiger partial charge >= 0.3 is 0 Å². The second-order valence-electron chi connectivity index (χ2n) is 4.40. The van der Waals surface area contributed by atoms with Gasteiger partial charge in [-0.3, -0.25) is 4.79 Å². The molecule has 2 rings (SSSR count). The van der Waals surface area contributed by atoms with Crippen LogP contribution in [0, 0.1) is 0 Å². The van der Waals surface area contributed by atoms with Crippen LogP contribution in [0.3, 0.4) is 0 Å². The normalized spacial score (nSPS) is 10.1. The SMILES string of the molecule is CCCc1ccccc1NC(=O)c1cnc(NC)cn1. The zero-order valence-electron chi connectivity index (χ0n) is 11.7. The molecule has 20 heavy (non-hydrogen) atoms. The number of hydrogen-bond donors (Lipinski definition) is 2. The van der Waals surface area contributed by atoms with Crippen molar-refractivity contribution in [2.75, 3.05) is 17.7 Å². The Kier molecular flexibility index (Phi) is 4.65. The first kappa shape index (κ1) is 14.0. The maximum atomic E-state index is 12.1. The Morgan fingerprint density at radius 1 is 1.20 bits per heavy atom. The van der Waals surface area contributed by atoms with Crippen molar-refractivity contribution < 1.29 is 4.79 Å². The van der Waals surface area contributed by atoms with E-state index in [1.807, 2.05) is 24.3 Å². The van der Waals surface area contributed by atoms with Gasteiger partial charge < -0.3 is 10.6 Å². The second-order valence-corrected chi connectivity index (χ2v) is 4.40. The van der Waals surface area contributed by atoms with Gasteiger partial charge in [0.1, 0.15) is 11.5 Å². The van der Waals surface area contributed by atoms with Crippen molar-refractivity contribution in [1.29, 1.82) is 0 Å². The summed E-state index contributed by atoms with van der Waals surface area (Å²) in [6.07, 6.45) is 4.96. The summed E-state index contributed by atoms with van der Waals surface area (Å²) >= 11 is 0. The Balaban J connectivity index is 2.14. The zero-order valence-corrected chi connectivity index (χ0v) is 11.7. The molecule has 0 saturated heterocycles. The number of aromatic nitrogens is 2. The molecule has 2 aromatic rings. The van der Waals surface area contributed by atoms with Gasteiger partial charge in [-0.1, -0.05) is 31.5 Å². The van der Waals surface area contributed by atoms with Crippen LogP contribution < -0.4 is 10.6 Å². The Hall–Kier alpha value is -2.43. The molecule has 0 aliphatic heterocycles. The smallest absolute Gasteiger partial charge is 0.275 e. The molecule has 0 atom stereocenters. The summed E-state index contributed by atoms with van der Waals surface area (Å²) in [7, 11) is 1.75. The van der Waals surface area contributed by atoms with Crippen LogP contribution in [0.1, 0.15) is 29.4 Å². The van der Waals surface area contributed by atoms with E-state index in [0.29, 0.717) is 11.5 Å². The van der Waals surface area contributed by atoms with Crippen molar-refractivity contribution in [2.45, 2.75) is 19.8 Å². The minimum absolute atomic E-state index is 0.247. The number of para-hydroxylation sites is 1. The van der Waals surface area contributed by atoms with Crippen molar-refractivity contribution >= 4 is 17.4 Å². The summed E-state index contributed by atoms with van der Waals surface area (Å²) in [6.45, 7) is 2.11. The highest BCUT2D eigenvalue weighted by molar-refractivity contribution is 6.03. The van der Waals surface area contributed by atoms with Crippen LogP contribution in [-0.2, 0) is 6.42 Å². The highest BCUT2D eigenvalue weighted by atomic mass is 16.1. The van der Waals surface area contributed by atoms with E-state index in [-0.39, 0.29) is 5.91 Å². The van der Waals surface area contributed by atoms with Gasteiger partial charge in [0, 0.05) is 12.7 Å². The summed E-state index contributed by atoms with van der Waals surface area (Å²) in [4.78, 5) is 20.3. The first-order valence-electron chi connectivity index (χ1n) is 6.63. The minimum Gasteiger partial charge on any atom is -0.372 e. The van der Waals surface area contributed by atoms with Gasteiger partial charge in [-0.25, -0.2) is 9.97 Å². The quantitative estimate of drug-likeness (QED) is 0.876. The maximum absolute atomic E-state index is 12.1. The van der Waals surface area contributed by atoms with Gasteiger partial charge in [0.05, 0.1) is 12.4 Å². The molecular weight excluding hydrogens is 252 g/mol. The van der Waals surface area contributed by atoms with E-state index >= 15 is 0 Å². The molecule has 1 amide bonds.